The number of hydrogen-bond donors (Lipinski definition) is 1. The zero-order valence-corrected chi connectivity index (χ0v) is 9.99. The molecule has 0 unspecified atom stereocenters. The van der Waals surface area contributed by atoms with Crippen molar-refractivity contribution in [1.82, 2.24) is 0 Å². The Morgan fingerprint density at radius 2 is 1.85 bits per heavy atom. The average Bonchev–Trinajstić information content (AvgIpc) is 2.91. The van der Waals surface area contributed by atoms with E-state index in [4.69, 9.17) is 0 Å². The molecule has 6 heteroatoms. The molecule has 0 fully saturated rings. The second-order valence-corrected chi connectivity index (χ2v) is 3.91. The molecule has 0 saturated heterocycles. The topological polar surface area (TPSA) is 46.2 Å². The standard InChI is InChI=1S/C14H8F3NO2/c15-14(16,17)12(19)10-7-3-4-8-11(10)18-13(20)9-5-1-2-6-9/h1-5,7-8H,(H,18,20). The minimum Gasteiger partial charge on any atom is -0.321 e. The van der Waals surface area contributed by atoms with Crippen LogP contribution in [-0.2, 0) is 4.79 Å². The van der Waals surface area contributed by atoms with Gasteiger partial charge in [0, 0.05) is 0 Å². The minimum atomic E-state index is -4.99. The third-order valence-corrected chi connectivity index (χ3v) is 2.52. The number of rotatable bonds is 3. The number of halogens is 3. The molecule has 0 atom stereocenters. The highest BCUT2D eigenvalue weighted by molar-refractivity contribution is 6.11. The van der Waals surface area contributed by atoms with Crippen molar-refractivity contribution < 1.29 is 22.8 Å². The Kier molecular flexibility index (Phi) is 3.59. The fourth-order valence-corrected chi connectivity index (χ4v) is 1.60. The molecule has 0 spiro atoms. The van der Waals surface area contributed by atoms with Gasteiger partial charge in [0.2, 0.25) is 0 Å². The summed E-state index contributed by atoms with van der Waals surface area (Å²) in [6.45, 7) is 0. The minimum absolute atomic E-state index is 0.180. The number of allylic oxidation sites excluding steroid dienone is 1. The number of para-hydroxylation sites is 1. The summed E-state index contributed by atoms with van der Waals surface area (Å²) in [5.74, 6) is -2.63. The smallest absolute Gasteiger partial charge is 0.321 e. The van der Waals surface area contributed by atoms with Gasteiger partial charge in [-0.15, -0.1) is 5.73 Å². The maximum absolute atomic E-state index is 12.5. The first-order valence-corrected chi connectivity index (χ1v) is 5.55. The number of benzene rings is 1. The van der Waals surface area contributed by atoms with Gasteiger partial charge in [0.15, 0.2) is 0 Å². The average molecular weight is 279 g/mol. The number of hydrogen-bond acceptors (Lipinski definition) is 2. The van der Waals surface area contributed by atoms with Crippen molar-refractivity contribution in [3.63, 3.8) is 0 Å². The van der Waals surface area contributed by atoms with Crippen LogP contribution in [0.1, 0.15) is 10.4 Å². The molecule has 102 valence electrons. The Hall–Kier alpha value is -2.59. The number of alkyl halides is 3. The number of carbonyl (C=O) groups is 2. The monoisotopic (exact) mass is 279 g/mol. The van der Waals surface area contributed by atoms with Crippen LogP contribution < -0.4 is 5.32 Å². The van der Waals surface area contributed by atoms with Crippen LogP contribution in [0.2, 0.25) is 0 Å². The lowest BCUT2D eigenvalue weighted by atomic mass is 10.1. The molecular formula is C14H8F3NO2. The number of amides is 1. The van der Waals surface area contributed by atoms with Crippen LogP contribution in [0.4, 0.5) is 18.9 Å². The summed E-state index contributed by atoms with van der Waals surface area (Å²) in [6.07, 6.45) is -0.458. The third kappa shape index (κ3) is 2.87. The predicted molar refractivity (Wildman–Crippen MR) is 66.2 cm³/mol. The predicted octanol–water partition coefficient (Wildman–Crippen LogP) is 3.02. The molecule has 0 bridgehead atoms. The Morgan fingerprint density at radius 3 is 2.45 bits per heavy atom. The van der Waals surface area contributed by atoms with Crippen LogP contribution in [0, 0.1) is 0 Å². The van der Waals surface area contributed by atoms with Crippen molar-refractivity contribution in [3.8, 4) is 0 Å². The first-order chi connectivity index (χ1) is 9.39. The lowest BCUT2D eigenvalue weighted by molar-refractivity contribution is -0.112. The first kappa shape index (κ1) is 13.8. The molecule has 0 radical (unpaired) electrons. The van der Waals surface area contributed by atoms with Crippen molar-refractivity contribution in [1.29, 1.82) is 0 Å². The van der Waals surface area contributed by atoms with Gasteiger partial charge in [-0.25, -0.2) is 0 Å². The van der Waals surface area contributed by atoms with Crippen LogP contribution in [0.15, 0.2) is 53.8 Å². The lowest BCUT2D eigenvalue weighted by Gasteiger charge is -2.11. The van der Waals surface area contributed by atoms with Crippen LogP contribution in [-0.4, -0.2) is 17.9 Å². The van der Waals surface area contributed by atoms with Gasteiger partial charge in [-0.2, -0.15) is 13.2 Å². The summed E-state index contributed by atoms with van der Waals surface area (Å²) < 4.78 is 37.4. The zero-order chi connectivity index (χ0) is 14.8. The fraction of sp³-hybridized carbons (Fsp3) is 0.0714. The molecule has 2 rings (SSSR count). The maximum atomic E-state index is 12.5. The molecular weight excluding hydrogens is 271 g/mol. The second kappa shape index (κ2) is 5.19. The SMILES string of the molecule is O=C(Nc1ccccc1C(=O)C(F)(F)F)C1=C=CC=C1. The van der Waals surface area contributed by atoms with Gasteiger partial charge in [0.1, 0.15) is 0 Å². The van der Waals surface area contributed by atoms with Gasteiger partial charge in [0.25, 0.3) is 11.7 Å². The van der Waals surface area contributed by atoms with E-state index in [0.717, 1.165) is 6.07 Å². The van der Waals surface area contributed by atoms with E-state index in [0.29, 0.717) is 0 Å². The van der Waals surface area contributed by atoms with Crippen LogP contribution in [0.5, 0.6) is 0 Å². The van der Waals surface area contributed by atoms with Gasteiger partial charge in [-0.1, -0.05) is 18.2 Å². The second-order valence-electron chi connectivity index (χ2n) is 3.91. The molecule has 20 heavy (non-hydrogen) atoms. The molecule has 3 nitrogen and oxygen atoms in total. The van der Waals surface area contributed by atoms with Gasteiger partial charge in [-0.05, 0) is 24.3 Å². The summed E-state index contributed by atoms with van der Waals surface area (Å²) in [5, 5.41) is 2.27. The van der Waals surface area contributed by atoms with Gasteiger partial charge < -0.3 is 5.32 Å². The molecule has 1 N–H and O–H groups in total. The molecule has 1 aromatic rings. The Bertz CT molecular complexity index is 665. The first-order valence-electron chi connectivity index (χ1n) is 5.55. The Morgan fingerprint density at radius 1 is 1.15 bits per heavy atom. The van der Waals surface area contributed by atoms with E-state index in [9.17, 15) is 22.8 Å². The molecule has 0 heterocycles. The van der Waals surface area contributed by atoms with E-state index in [1.54, 1.807) is 6.08 Å². The van der Waals surface area contributed by atoms with Crippen molar-refractivity contribution in [2.24, 2.45) is 0 Å². The van der Waals surface area contributed by atoms with Gasteiger partial charge >= 0.3 is 6.18 Å². The Balaban J connectivity index is 2.29. The van der Waals surface area contributed by atoms with Crippen LogP contribution in [0.25, 0.3) is 0 Å². The van der Waals surface area contributed by atoms with Gasteiger partial charge in [-0.3, -0.25) is 9.59 Å². The molecule has 0 saturated carbocycles. The van der Waals surface area contributed by atoms with E-state index < -0.39 is 23.4 Å². The molecule has 1 aromatic carbocycles. The van der Waals surface area contributed by atoms with Crippen molar-refractivity contribution >= 4 is 17.4 Å². The summed E-state index contributed by atoms with van der Waals surface area (Å²) in [4.78, 5) is 23.0. The van der Waals surface area contributed by atoms with Crippen LogP contribution in [0.3, 0.4) is 0 Å². The van der Waals surface area contributed by atoms with Crippen molar-refractivity contribution in [2.75, 3.05) is 5.32 Å². The van der Waals surface area contributed by atoms with E-state index >= 15 is 0 Å². The molecule has 0 aliphatic heterocycles. The van der Waals surface area contributed by atoms with E-state index in [1.807, 2.05) is 0 Å². The number of nitrogens with one attached hydrogen (secondary N) is 1. The highest BCUT2D eigenvalue weighted by atomic mass is 19.4. The molecule has 0 aromatic heterocycles. The molecule has 1 aliphatic rings. The quantitative estimate of drug-likeness (QED) is 0.683. The summed E-state index contributed by atoms with van der Waals surface area (Å²) in [7, 11) is 0. The van der Waals surface area contributed by atoms with Crippen molar-refractivity contribution in [2.45, 2.75) is 6.18 Å². The normalized spacial score (nSPS) is 13.2. The highest BCUT2D eigenvalue weighted by Gasteiger charge is 2.40. The van der Waals surface area contributed by atoms with E-state index in [1.165, 1.54) is 30.4 Å². The molecule has 1 amide bonds. The van der Waals surface area contributed by atoms with Crippen LogP contribution >= 0.6 is 0 Å². The summed E-state index contributed by atoms with van der Waals surface area (Å²) in [6, 6.07) is 4.97. The number of Topliss-reactive ketones (excluding diaryl/α,β-unsaturated/α-hetero) is 1. The van der Waals surface area contributed by atoms with E-state index in [-0.39, 0.29) is 11.3 Å². The largest absolute Gasteiger partial charge is 0.454 e. The lowest BCUT2D eigenvalue weighted by Crippen LogP contribution is -2.25. The molecule has 1 aliphatic carbocycles. The van der Waals surface area contributed by atoms with E-state index in [2.05, 4.69) is 11.0 Å². The zero-order valence-electron chi connectivity index (χ0n) is 9.99. The maximum Gasteiger partial charge on any atom is 0.454 e. The van der Waals surface area contributed by atoms with Gasteiger partial charge in [0.05, 0.1) is 16.8 Å². The number of anilines is 1. The van der Waals surface area contributed by atoms with Crippen molar-refractivity contribution in [3.05, 3.63) is 59.4 Å². The number of carbonyl (C=O) groups excluding carboxylic acids is 2. The Labute approximate surface area is 112 Å². The third-order valence-electron chi connectivity index (χ3n) is 2.52. The fourth-order valence-electron chi connectivity index (χ4n) is 1.60. The highest BCUT2D eigenvalue weighted by Crippen LogP contribution is 2.26. The summed E-state index contributed by atoms with van der Waals surface area (Å²) >= 11 is 0. The summed E-state index contributed by atoms with van der Waals surface area (Å²) in [5.41, 5.74) is 2.01. The number of ketones is 1.